The Hall–Kier alpha value is -3.77. The summed E-state index contributed by atoms with van der Waals surface area (Å²) in [6.45, 7) is 8.92. The summed E-state index contributed by atoms with van der Waals surface area (Å²) in [6, 6.07) is 10.7. The summed E-state index contributed by atoms with van der Waals surface area (Å²) in [7, 11) is -3.94. The summed E-state index contributed by atoms with van der Waals surface area (Å²) in [6.07, 6.45) is -4.01. The number of aryl methyl sites for hydroxylation is 1. The van der Waals surface area contributed by atoms with Gasteiger partial charge in [0.15, 0.2) is 6.10 Å². The van der Waals surface area contributed by atoms with E-state index in [2.05, 4.69) is 9.46 Å². The molecule has 4 rings (SSSR count). The number of fused-ring (bicyclic) bond motifs is 1. The van der Waals surface area contributed by atoms with Gasteiger partial charge >= 0.3 is 12.3 Å². The van der Waals surface area contributed by atoms with Crippen molar-refractivity contribution in [3.05, 3.63) is 64.7 Å². The minimum Gasteiger partial charge on any atom is -0.493 e. The quantitative estimate of drug-likeness (QED) is 0.274. The highest BCUT2D eigenvalue weighted by Gasteiger charge is 2.35. The Labute approximate surface area is 248 Å². The van der Waals surface area contributed by atoms with E-state index in [4.69, 9.17) is 9.47 Å². The van der Waals surface area contributed by atoms with Crippen molar-refractivity contribution in [2.75, 3.05) is 17.6 Å². The van der Waals surface area contributed by atoms with Gasteiger partial charge in [0.2, 0.25) is 10.0 Å². The Morgan fingerprint density at radius 1 is 1.02 bits per heavy atom. The van der Waals surface area contributed by atoms with Crippen LogP contribution < -0.4 is 14.2 Å². The van der Waals surface area contributed by atoms with E-state index in [1.807, 2.05) is 6.07 Å². The highest BCUT2D eigenvalue weighted by atomic mass is 32.2. The number of carboxylic acid groups (broad SMARTS) is 1. The average molecular weight is 622 g/mol. The third-order valence-corrected chi connectivity index (χ3v) is 7.42. The number of halogens is 3. The molecule has 3 aromatic carbocycles. The number of rotatable bonds is 8. The van der Waals surface area contributed by atoms with Crippen LogP contribution >= 0.6 is 0 Å². The smallest absolute Gasteiger partial charge is 0.493 e. The average Bonchev–Trinajstić information content (AvgIpc) is 2.87. The van der Waals surface area contributed by atoms with Crippen LogP contribution in [-0.2, 0) is 26.0 Å². The predicted octanol–water partition coefficient (Wildman–Crippen LogP) is 7.17. The molecule has 12 heteroatoms. The van der Waals surface area contributed by atoms with E-state index in [1.165, 1.54) is 12.1 Å². The first-order valence-electron chi connectivity index (χ1n) is 13.5. The maximum atomic E-state index is 13.1. The van der Waals surface area contributed by atoms with Crippen molar-refractivity contribution in [2.45, 2.75) is 65.5 Å². The minimum atomic E-state index is -4.95. The number of benzene rings is 3. The molecule has 1 aliphatic heterocycles. The third-order valence-electron chi connectivity index (χ3n) is 6.85. The minimum absolute atomic E-state index is 0.0213. The van der Waals surface area contributed by atoms with Crippen LogP contribution in [0.15, 0.2) is 42.5 Å². The zero-order valence-electron chi connectivity index (χ0n) is 24.7. The van der Waals surface area contributed by atoms with Crippen LogP contribution in [0, 0.1) is 13.8 Å². The molecule has 0 aliphatic carbocycles. The Kier molecular flexibility index (Phi) is 8.77. The lowest BCUT2D eigenvalue weighted by Gasteiger charge is -2.31. The van der Waals surface area contributed by atoms with Gasteiger partial charge in [-0.2, -0.15) is 0 Å². The largest absolute Gasteiger partial charge is 0.573 e. The number of nitrogens with one attached hydrogen (secondary N) is 1. The SMILES string of the molecule is Cc1c(-c2cccc(OC(F)(F)F)c2)c(NS(C)(=O)=O)c(C)c(C(OC(C)(C)C)C(=O)O)c1-c1ccc2c(c1)CCCO2. The number of ether oxygens (including phenoxy) is 3. The molecule has 1 aliphatic rings. The second-order valence-corrected chi connectivity index (χ2v) is 13.2. The second kappa shape index (κ2) is 11.7. The standard InChI is InChI=1S/C31H34F3NO7S/c1-17-24(21-12-13-23-19(15-21)10-8-14-40-23)26(28(29(36)37)42-30(3,4)5)18(2)27(35-43(6,38)39)25(17)20-9-7-11-22(16-20)41-31(32,33)34/h7,9,11-13,15-16,28,35H,8,10,14H2,1-6H3,(H,36,37). The monoisotopic (exact) mass is 621 g/mol. The Morgan fingerprint density at radius 2 is 1.70 bits per heavy atom. The van der Waals surface area contributed by atoms with Gasteiger partial charge in [-0.3, -0.25) is 4.72 Å². The van der Waals surface area contributed by atoms with Gasteiger partial charge in [-0.05, 0) is 105 Å². The lowest BCUT2D eigenvalue weighted by atomic mass is 9.82. The molecule has 0 radical (unpaired) electrons. The number of anilines is 1. The molecule has 1 unspecified atom stereocenters. The molecule has 1 atom stereocenters. The van der Waals surface area contributed by atoms with Crippen molar-refractivity contribution in [3.8, 4) is 33.8 Å². The molecule has 0 amide bonds. The van der Waals surface area contributed by atoms with Crippen LogP contribution in [0.3, 0.4) is 0 Å². The van der Waals surface area contributed by atoms with Crippen LogP contribution in [0.25, 0.3) is 22.3 Å². The lowest BCUT2D eigenvalue weighted by molar-refractivity contribution is -0.274. The summed E-state index contributed by atoms with van der Waals surface area (Å²) in [5.74, 6) is -1.08. The van der Waals surface area contributed by atoms with Gasteiger partial charge in [-0.15, -0.1) is 13.2 Å². The predicted molar refractivity (Wildman–Crippen MR) is 157 cm³/mol. The van der Waals surface area contributed by atoms with Gasteiger partial charge in [0.1, 0.15) is 11.5 Å². The zero-order valence-corrected chi connectivity index (χ0v) is 25.5. The van der Waals surface area contributed by atoms with E-state index >= 15 is 0 Å². The first-order chi connectivity index (χ1) is 19.8. The van der Waals surface area contributed by atoms with Crippen molar-refractivity contribution in [1.82, 2.24) is 0 Å². The third kappa shape index (κ3) is 7.61. The van der Waals surface area contributed by atoms with Crippen molar-refractivity contribution in [3.63, 3.8) is 0 Å². The number of carbonyl (C=O) groups is 1. The number of aliphatic carboxylic acids is 1. The maximum Gasteiger partial charge on any atom is 0.573 e. The molecule has 8 nitrogen and oxygen atoms in total. The molecule has 1 heterocycles. The number of alkyl halides is 3. The molecule has 0 saturated carbocycles. The number of hydrogen-bond donors (Lipinski definition) is 2. The molecule has 2 N–H and O–H groups in total. The molecule has 3 aromatic rings. The normalized spacial score (nSPS) is 14.4. The van der Waals surface area contributed by atoms with Crippen LogP contribution in [-0.4, -0.2) is 44.3 Å². The Balaban J connectivity index is 2.14. The molecular weight excluding hydrogens is 587 g/mol. The molecule has 0 bridgehead atoms. The van der Waals surface area contributed by atoms with Gasteiger partial charge in [0.25, 0.3) is 0 Å². The van der Waals surface area contributed by atoms with E-state index in [9.17, 15) is 31.5 Å². The zero-order chi connectivity index (χ0) is 31.9. The second-order valence-electron chi connectivity index (χ2n) is 11.5. The van der Waals surface area contributed by atoms with Crippen molar-refractivity contribution < 1.29 is 45.7 Å². The van der Waals surface area contributed by atoms with Gasteiger partial charge in [-0.25, -0.2) is 13.2 Å². The van der Waals surface area contributed by atoms with E-state index in [0.717, 1.165) is 36.8 Å². The fraction of sp³-hybridized carbons (Fsp3) is 0.387. The molecule has 0 spiro atoms. The lowest BCUT2D eigenvalue weighted by Crippen LogP contribution is -2.29. The Bertz CT molecular complexity index is 1660. The van der Waals surface area contributed by atoms with Crippen LogP contribution in [0.1, 0.15) is 55.5 Å². The fourth-order valence-electron chi connectivity index (χ4n) is 5.35. The van der Waals surface area contributed by atoms with Crippen LogP contribution in [0.4, 0.5) is 18.9 Å². The number of sulfonamides is 1. The first-order valence-corrected chi connectivity index (χ1v) is 15.4. The maximum absolute atomic E-state index is 13.1. The molecular formula is C31H34F3NO7S. The summed E-state index contributed by atoms with van der Waals surface area (Å²) >= 11 is 0. The fourth-order valence-corrected chi connectivity index (χ4v) is 5.97. The molecule has 0 fully saturated rings. The molecule has 43 heavy (non-hydrogen) atoms. The van der Waals surface area contributed by atoms with E-state index in [-0.39, 0.29) is 27.9 Å². The van der Waals surface area contributed by atoms with Crippen molar-refractivity contribution >= 4 is 21.7 Å². The summed E-state index contributed by atoms with van der Waals surface area (Å²) < 4.78 is 83.0. The summed E-state index contributed by atoms with van der Waals surface area (Å²) in [4.78, 5) is 12.8. The van der Waals surface area contributed by atoms with Crippen LogP contribution in [0.5, 0.6) is 11.5 Å². The van der Waals surface area contributed by atoms with Gasteiger partial charge in [0, 0.05) is 11.1 Å². The summed E-state index contributed by atoms with van der Waals surface area (Å²) in [5, 5.41) is 10.4. The van der Waals surface area contributed by atoms with Crippen molar-refractivity contribution in [1.29, 1.82) is 0 Å². The molecule has 0 saturated heterocycles. The molecule has 0 aromatic heterocycles. The highest BCUT2D eigenvalue weighted by molar-refractivity contribution is 7.92. The van der Waals surface area contributed by atoms with Crippen molar-refractivity contribution in [2.24, 2.45) is 0 Å². The number of hydrogen-bond acceptors (Lipinski definition) is 6. The number of carboxylic acids is 1. The highest BCUT2D eigenvalue weighted by Crippen LogP contribution is 2.48. The van der Waals surface area contributed by atoms with Gasteiger partial charge in [0.05, 0.1) is 24.2 Å². The van der Waals surface area contributed by atoms with Gasteiger partial charge in [-0.1, -0.05) is 18.2 Å². The summed E-state index contributed by atoms with van der Waals surface area (Å²) in [5.41, 5.74) is 2.49. The van der Waals surface area contributed by atoms with Crippen LogP contribution in [0.2, 0.25) is 0 Å². The van der Waals surface area contributed by atoms with E-state index < -0.39 is 39.8 Å². The van der Waals surface area contributed by atoms with Gasteiger partial charge < -0.3 is 19.3 Å². The van der Waals surface area contributed by atoms with E-state index in [0.29, 0.717) is 29.0 Å². The Morgan fingerprint density at radius 3 is 2.30 bits per heavy atom. The topological polar surface area (TPSA) is 111 Å². The molecule has 232 valence electrons. The van der Waals surface area contributed by atoms with E-state index in [1.54, 1.807) is 46.8 Å². The first kappa shape index (κ1) is 32.2.